The maximum Gasteiger partial charge on any atom is 0.343 e. The van der Waals surface area contributed by atoms with E-state index >= 15 is 0 Å². The van der Waals surface area contributed by atoms with E-state index < -0.39 is 33.8 Å². The summed E-state index contributed by atoms with van der Waals surface area (Å²) in [5.41, 5.74) is 0.0769. The Kier molecular flexibility index (Phi) is 14.5. The molecule has 3 atom stereocenters. The van der Waals surface area contributed by atoms with E-state index in [1.54, 1.807) is 29.4 Å². The summed E-state index contributed by atoms with van der Waals surface area (Å²) in [6.45, 7) is 12.6. The zero-order chi connectivity index (χ0) is 31.3. The highest BCUT2D eigenvalue weighted by molar-refractivity contribution is 7.89. The third kappa shape index (κ3) is 9.55. The number of unbranched alkanes of at least 4 members (excludes halogenated alkanes) is 2. The van der Waals surface area contributed by atoms with Crippen LogP contribution in [-0.2, 0) is 29.1 Å². The summed E-state index contributed by atoms with van der Waals surface area (Å²) in [7, 11) is -3.85. The number of rotatable bonds is 18. The summed E-state index contributed by atoms with van der Waals surface area (Å²) in [6.07, 6.45) is 8.00. The molecule has 11 heteroatoms. The number of nitrogens with zero attached hydrogens (tertiary/aromatic N) is 3. The molecule has 3 unspecified atom stereocenters. The van der Waals surface area contributed by atoms with Gasteiger partial charge in [0.1, 0.15) is 5.57 Å². The lowest BCUT2D eigenvalue weighted by Crippen LogP contribution is -2.46. The topological polar surface area (TPSA) is 135 Å². The van der Waals surface area contributed by atoms with Crippen LogP contribution in [0.4, 0.5) is 5.69 Å². The van der Waals surface area contributed by atoms with Crippen LogP contribution in [0.1, 0.15) is 92.9 Å². The second kappa shape index (κ2) is 17.3. The fourth-order valence-electron chi connectivity index (χ4n) is 5.01. The maximum absolute atomic E-state index is 14.1. The molecule has 0 bridgehead atoms. The first-order valence-corrected chi connectivity index (χ1v) is 16.7. The predicted octanol–water partition coefficient (Wildman–Crippen LogP) is 6.10. The maximum atomic E-state index is 14.1. The van der Waals surface area contributed by atoms with Crippen molar-refractivity contribution in [3.63, 3.8) is 0 Å². The Morgan fingerprint density at radius 3 is 2.12 bits per heavy atom. The largest absolute Gasteiger partial charge is 0.462 e. The van der Waals surface area contributed by atoms with Crippen molar-refractivity contribution >= 4 is 33.5 Å². The molecule has 0 saturated carbocycles. The van der Waals surface area contributed by atoms with Crippen molar-refractivity contribution in [1.29, 1.82) is 0 Å². The van der Waals surface area contributed by atoms with Gasteiger partial charge in [-0.2, -0.15) is 14.5 Å². The molecule has 0 fully saturated rings. The molecular weight excluding hydrogens is 556 g/mol. The van der Waals surface area contributed by atoms with E-state index in [-0.39, 0.29) is 40.2 Å². The molecule has 0 radical (unpaired) electrons. The highest BCUT2D eigenvalue weighted by atomic mass is 32.2. The van der Waals surface area contributed by atoms with Crippen LogP contribution in [0.5, 0.6) is 0 Å². The van der Waals surface area contributed by atoms with Gasteiger partial charge in [0.15, 0.2) is 6.04 Å². The Hall–Kier alpha value is -2.92. The first-order chi connectivity index (χ1) is 20.0. The Morgan fingerprint density at radius 2 is 1.60 bits per heavy atom. The molecule has 1 aliphatic rings. The number of hydrogen-bond acceptors (Lipinski definition) is 8. The van der Waals surface area contributed by atoms with Gasteiger partial charge in [-0.25, -0.2) is 13.2 Å². The van der Waals surface area contributed by atoms with Gasteiger partial charge in [0.05, 0.1) is 17.2 Å². The van der Waals surface area contributed by atoms with Crippen LogP contribution in [0.25, 0.3) is 0 Å². The van der Waals surface area contributed by atoms with Gasteiger partial charge >= 0.3 is 5.97 Å². The van der Waals surface area contributed by atoms with E-state index in [0.717, 1.165) is 51.4 Å². The molecule has 10 nitrogen and oxygen atoms in total. The number of hydrogen-bond donors (Lipinski definition) is 1. The molecule has 0 saturated heterocycles. The summed E-state index contributed by atoms with van der Waals surface area (Å²) in [6, 6.07) is 4.96. The summed E-state index contributed by atoms with van der Waals surface area (Å²) in [5.74, 6) is -1.88. The van der Waals surface area contributed by atoms with E-state index in [2.05, 4.69) is 43.2 Å². The van der Waals surface area contributed by atoms with Crippen molar-refractivity contribution in [2.45, 2.75) is 104 Å². The van der Waals surface area contributed by atoms with Crippen LogP contribution in [0.3, 0.4) is 0 Å². The fraction of sp³-hybridized carbons (Fsp3) is 0.645. The lowest BCUT2D eigenvalue weighted by atomic mass is 9.97. The Balaban J connectivity index is 2.42. The Bertz CT molecular complexity index is 1230. The van der Waals surface area contributed by atoms with Crippen LogP contribution in [-0.4, -0.2) is 56.2 Å². The minimum absolute atomic E-state index is 0.0660. The number of sulfonamides is 1. The number of nitrogens with one attached hydrogen (secondary N) is 1. The fourth-order valence-corrected chi connectivity index (χ4v) is 6.64. The summed E-state index contributed by atoms with van der Waals surface area (Å²) < 4.78 is 34.7. The molecule has 2 amide bonds. The average Bonchev–Trinajstić information content (AvgIpc) is 2.96. The molecule has 2 rings (SSSR count). The van der Waals surface area contributed by atoms with Crippen molar-refractivity contribution in [2.75, 3.05) is 19.7 Å². The highest BCUT2D eigenvalue weighted by Gasteiger charge is 2.37. The molecular formula is C31H48N4O6S. The van der Waals surface area contributed by atoms with Gasteiger partial charge < -0.3 is 4.74 Å². The lowest BCUT2D eigenvalue weighted by molar-refractivity contribution is -0.141. The van der Waals surface area contributed by atoms with Crippen molar-refractivity contribution in [3.8, 4) is 0 Å². The molecule has 0 aliphatic carbocycles. The first-order valence-electron chi connectivity index (χ1n) is 15.3. The number of imide groups is 1. The van der Waals surface area contributed by atoms with E-state index in [1.165, 1.54) is 13.0 Å². The number of azo groups is 1. The van der Waals surface area contributed by atoms with Crippen LogP contribution >= 0.6 is 0 Å². The number of esters is 1. The quantitative estimate of drug-likeness (QED) is 0.0931. The molecule has 0 spiro atoms. The normalized spacial score (nSPS) is 17.5. The molecule has 234 valence electrons. The zero-order valence-electron chi connectivity index (χ0n) is 26.0. The van der Waals surface area contributed by atoms with Crippen LogP contribution < -0.4 is 5.32 Å². The van der Waals surface area contributed by atoms with Crippen molar-refractivity contribution in [2.24, 2.45) is 22.1 Å². The minimum atomic E-state index is -3.85. The SMILES string of the molecule is CCCCC(CC)CN(CC(CC)CCCC)S(=O)(=O)c1cccc(/N=N/C2C(=O)NC(=O)C(C(=O)OCC)=C2C)c1. The van der Waals surface area contributed by atoms with Crippen LogP contribution in [0.2, 0.25) is 0 Å². The summed E-state index contributed by atoms with van der Waals surface area (Å²) in [5, 5.41) is 10.4. The van der Waals surface area contributed by atoms with E-state index in [4.69, 9.17) is 4.74 Å². The van der Waals surface area contributed by atoms with Gasteiger partial charge in [0.25, 0.3) is 11.8 Å². The van der Waals surface area contributed by atoms with Crippen molar-refractivity contribution in [1.82, 2.24) is 9.62 Å². The molecule has 1 aliphatic heterocycles. The van der Waals surface area contributed by atoms with Crippen LogP contribution in [0.15, 0.2) is 50.5 Å². The van der Waals surface area contributed by atoms with E-state index in [9.17, 15) is 22.8 Å². The van der Waals surface area contributed by atoms with Crippen molar-refractivity contribution in [3.05, 3.63) is 35.4 Å². The Morgan fingerprint density at radius 1 is 1.00 bits per heavy atom. The predicted molar refractivity (Wildman–Crippen MR) is 163 cm³/mol. The number of amides is 2. The van der Waals surface area contributed by atoms with Crippen molar-refractivity contribution < 1.29 is 27.5 Å². The number of benzene rings is 1. The first kappa shape index (κ1) is 35.3. The second-order valence-corrected chi connectivity index (χ2v) is 12.8. The molecule has 1 heterocycles. The smallest absolute Gasteiger partial charge is 0.343 e. The number of carbonyl (C=O) groups excluding carboxylic acids is 3. The van der Waals surface area contributed by atoms with Gasteiger partial charge in [-0.05, 0) is 62.3 Å². The third-order valence-corrected chi connectivity index (χ3v) is 9.58. The zero-order valence-corrected chi connectivity index (χ0v) is 26.8. The summed E-state index contributed by atoms with van der Waals surface area (Å²) >= 11 is 0. The highest BCUT2D eigenvalue weighted by Crippen LogP contribution is 2.28. The van der Waals surface area contributed by atoms with Crippen LogP contribution in [0, 0.1) is 11.8 Å². The monoisotopic (exact) mass is 604 g/mol. The average molecular weight is 605 g/mol. The number of ether oxygens (including phenoxy) is 1. The minimum Gasteiger partial charge on any atom is -0.462 e. The molecule has 1 aromatic rings. The number of carbonyl (C=O) groups is 3. The molecule has 0 aromatic heterocycles. The van der Waals surface area contributed by atoms with Gasteiger partial charge in [-0.15, -0.1) is 0 Å². The van der Waals surface area contributed by atoms with Gasteiger partial charge in [-0.1, -0.05) is 72.3 Å². The second-order valence-electron chi connectivity index (χ2n) is 10.9. The Labute approximate surface area is 251 Å². The molecule has 1 N–H and O–H groups in total. The summed E-state index contributed by atoms with van der Waals surface area (Å²) in [4.78, 5) is 37.2. The van der Waals surface area contributed by atoms with Gasteiger partial charge in [-0.3, -0.25) is 14.9 Å². The lowest BCUT2D eigenvalue weighted by Gasteiger charge is -2.30. The third-order valence-electron chi connectivity index (χ3n) is 7.75. The van der Waals surface area contributed by atoms with E-state index in [0.29, 0.717) is 13.1 Å². The molecule has 1 aromatic carbocycles. The standard InChI is InChI=1S/C31H48N4O6S/c1-7-12-15-23(9-3)20-35(21-24(10-4)16-13-8-2)42(39,40)26-18-14-17-25(19-26)33-34-28-22(6)27(31(38)41-11-5)29(36)32-30(28)37/h14,17-19,23-24,28H,7-13,15-16,20-21H2,1-6H3,(H,32,36,37)/b34-33+. The molecule has 42 heavy (non-hydrogen) atoms. The van der Waals surface area contributed by atoms with E-state index in [1.807, 2.05) is 0 Å². The van der Waals surface area contributed by atoms with Gasteiger partial charge in [0.2, 0.25) is 10.0 Å². The van der Waals surface area contributed by atoms with Gasteiger partial charge in [0, 0.05) is 13.1 Å².